The van der Waals surface area contributed by atoms with Crippen LogP contribution in [0.15, 0.2) is 70.0 Å². The smallest absolute Gasteiger partial charge is 0.220 e. The van der Waals surface area contributed by atoms with E-state index < -0.39 is 0 Å². The Kier molecular flexibility index (Phi) is 5.96. The van der Waals surface area contributed by atoms with Crippen LogP contribution in [0.25, 0.3) is 11.0 Å². The van der Waals surface area contributed by atoms with Gasteiger partial charge in [0, 0.05) is 35.4 Å². The van der Waals surface area contributed by atoms with Crippen molar-refractivity contribution in [1.29, 1.82) is 0 Å². The highest BCUT2D eigenvalue weighted by atomic mass is 32.2. The molecule has 0 saturated carbocycles. The van der Waals surface area contributed by atoms with Crippen LogP contribution in [-0.4, -0.2) is 18.2 Å². The molecule has 4 heteroatoms. The third kappa shape index (κ3) is 4.90. The van der Waals surface area contributed by atoms with Gasteiger partial charge in [-0.2, -0.15) is 0 Å². The van der Waals surface area contributed by atoms with Crippen LogP contribution in [0.2, 0.25) is 0 Å². The summed E-state index contributed by atoms with van der Waals surface area (Å²) in [6.07, 6.45) is 2.27. The first-order valence-electron chi connectivity index (χ1n) is 8.23. The molecule has 0 aliphatic rings. The van der Waals surface area contributed by atoms with E-state index >= 15 is 0 Å². The monoisotopic (exact) mass is 339 g/mol. The zero-order valence-electron chi connectivity index (χ0n) is 13.5. The molecule has 24 heavy (non-hydrogen) atoms. The van der Waals surface area contributed by atoms with E-state index in [9.17, 15) is 4.79 Å². The number of nitrogens with one attached hydrogen (secondary N) is 1. The van der Waals surface area contributed by atoms with Gasteiger partial charge in [-0.3, -0.25) is 4.79 Å². The maximum atomic E-state index is 11.8. The van der Waals surface area contributed by atoms with Gasteiger partial charge in [0.15, 0.2) is 0 Å². The van der Waals surface area contributed by atoms with Crippen molar-refractivity contribution in [3.63, 3.8) is 0 Å². The van der Waals surface area contributed by atoms with Gasteiger partial charge >= 0.3 is 0 Å². The van der Waals surface area contributed by atoms with Crippen molar-refractivity contribution in [2.45, 2.75) is 24.2 Å². The summed E-state index contributed by atoms with van der Waals surface area (Å²) < 4.78 is 5.77. The van der Waals surface area contributed by atoms with Crippen LogP contribution in [0, 0.1) is 0 Å². The quantitative estimate of drug-likeness (QED) is 0.479. The first-order chi connectivity index (χ1) is 11.8. The van der Waals surface area contributed by atoms with Gasteiger partial charge in [0.2, 0.25) is 5.91 Å². The number of carbonyl (C=O) groups excluding carboxylic acids is 1. The zero-order valence-corrected chi connectivity index (χ0v) is 14.4. The maximum Gasteiger partial charge on any atom is 0.220 e. The summed E-state index contributed by atoms with van der Waals surface area (Å²) in [5, 5.41) is 4.11. The molecule has 3 aromatic rings. The van der Waals surface area contributed by atoms with E-state index in [2.05, 4.69) is 29.6 Å². The van der Waals surface area contributed by atoms with Crippen LogP contribution in [0.1, 0.15) is 18.6 Å². The second-order valence-corrected chi connectivity index (χ2v) is 6.78. The summed E-state index contributed by atoms with van der Waals surface area (Å²) in [5.41, 5.74) is 0.925. The van der Waals surface area contributed by atoms with Crippen molar-refractivity contribution < 1.29 is 9.21 Å². The Morgan fingerprint density at radius 2 is 1.83 bits per heavy atom. The molecule has 124 valence electrons. The molecule has 0 aliphatic heterocycles. The number of para-hydroxylation sites is 1. The van der Waals surface area contributed by atoms with Crippen LogP contribution < -0.4 is 5.32 Å². The summed E-state index contributed by atoms with van der Waals surface area (Å²) in [6, 6.07) is 20.2. The van der Waals surface area contributed by atoms with Crippen LogP contribution in [-0.2, 0) is 11.2 Å². The Morgan fingerprint density at radius 1 is 1.04 bits per heavy atom. The fourth-order valence-corrected chi connectivity index (χ4v) is 3.39. The van der Waals surface area contributed by atoms with E-state index in [1.54, 1.807) is 11.8 Å². The molecule has 3 rings (SSSR count). The molecule has 0 radical (unpaired) electrons. The van der Waals surface area contributed by atoms with Crippen LogP contribution in [0.3, 0.4) is 0 Å². The molecule has 1 aromatic heterocycles. The second-order valence-electron chi connectivity index (χ2n) is 5.62. The highest BCUT2D eigenvalue weighted by Crippen LogP contribution is 2.20. The maximum absolute atomic E-state index is 11.8. The summed E-state index contributed by atoms with van der Waals surface area (Å²) in [7, 11) is 0. The minimum absolute atomic E-state index is 0.114. The topological polar surface area (TPSA) is 42.2 Å². The minimum Gasteiger partial charge on any atom is -0.461 e. The highest BCUT2D eigenvalue weighted by molar-refractivity contribution is 7.99. The number of hydrogen-bond donors (Lipinski definition) is 1. The van der Waals surface area contributed by atoms with Gasteiger partial charge in [0.25, 0.3) is 0 Å². The van der Waals surface area contributed by atoms with E-state index in [1.165, 1.54) is 4.90 Å². The molecule has 0 spiro atoms. The molecule has 0 fully saturated rings. The number of carbonyl (C=O) groups is 1. The van der Waals surface area contributed by atoms with Gasteiger partial charge in [0.1, 0.15) is 11.3 Å². The number of thioether (sulfide) groups is 1. The van der Waals surface area contributed by atoms with Crippen LogP contribution in [0.4, 0.5) is 0 Å². The number of rotatable bonds is 8. The molecule has 0 saturated heterocycles. The number of aryl methyl sites for hydroxylation is 1. The molecule has 3 nitrogen and oxygen atoms in total. The fourth-order valence-electron chi connectivity index (χ4n) is 2.52. The molecule has 1 N–H and O–H groups in total. The minimum atomic E-state index is 0.114. The molecule has 0 bridgehead atoms. The second kappa shape index (κ2) is 8.60. The normalized spacial score (nSPS) is 10.8. The Morgan fingerprint density at radius 3 is 2.67 bits per heavy atom. The van der Waals surface area contributed by atoms with Gasteiger partial charge in [-0.15, -0.1) is 11.8 Å². The van der Waals surface area contributed by atoms with E-state index in [0.717, 1.165) is 35.3 Å². The number of furan rings is 1. The standard InChI is InChI=1S/C20H21NO2S/c22-20(12-14-24-18-9-2-1-3-10-18)21-13-6-8-17-15-16-7-4-5-11-19(16)23-17/h1-5,7,9-11,15H,6,8,12-14H2,(H,21,22). The van der Waals surface area contributed by atoms with Gasteiger partial charge in [-0.25, -0.2) is 0 Å². The SMILES string of the molecule is O=C(CCSc1ccccc1)NCCCc1cc2ccccc2o1. The predicted molar refractivity (Wildman–Crippen MR) is 99.3 cm³/mol. The Balaban J connectivity index is 1.32. The number of fused-ring (bicyclic) bond motifs is 1. The van der Waals surface area contributed by atoms with Crippen molar-refractivity contribution in [1.82, 2.24) is 5.32 Å². The molecule has 0 unspecified atom stereocenters. The lowest BCUT2D eigenvalue weighted by Gasteiger charge is -2.04. The zero-order chi connectivity index (χ0) is 16.6. The van der Waals surface area contributed by atoms with Gasteiger partial charge in [-0.05, 0) is 30.7 Å². The lowest BCUT2D eigenvalue weighted by molar-refractivity contribution is -0.120. The van der Waals surface area contributed by atoms with Crippen molar-refractivity contribution in [2.24, 2.45) is 0 Å². The molecule has 2 aromatic carbocycles. The molecule has 1 heterocycles. The van der Waals surface area contributed by atoms with E-state index in [4.69, 9.17) is 4.42 Å². The Labute approximate surface area is 146 Å². The molecule has 0 atom stereocenters. The van der Waals surface area contributed by atoms with Crippen LogP contribution in [0.5, 0.6) is 0 Å². The van der Waals surface area contributed by atoms with Crippen molar-refractivity contribution in [3.8, 4) is 0 Å². The first-order valence-corrected chi connectivity index (χ1v) is 9.22. The molecular weight excluding hydrogens is 318 g/mol. The van der Waals surface area contributed by atoms with Gasteiger partial charge < -0.3 is 9.73 Å². The third-order valence-corrected chi connectivity index (χ3v) is 4.75. The Hall–Kier alpha value is -2.20. The largest absolute Gasteiger partial charge is 0.461 e. The Bertz CT molecular complexity index is 749. The van der Waals surface area contributed by atoms with Gasteiger partial charge in [0.05, 0.1) is 0 Å². The number of hydrogen-bond acceptors (Lipinski definition) is 3. The summed E-state index contributed by atoms with van der Waals surface area (Å²) >= 11 is 1.71. The summed E-state index contributed by atoms with van der Waals surface area (Å²) in [6.45, 7) is 0.686. The highest BCUT2D eigenvalue weighted by Gasteiger charge is 2.04. The van der Waals surface area contributed by atoms with Crippen molar-refractivity contribution in [3.05, 3.63) is 66.4 Å². The molecule has 0 aliphatic carbocycles. The lowest BCUT2D eigenvalue weighted by Crippen LogP contribution is -2.24. The average molecular weight is 339 g/mol. The average Bonchev–Trinajstić information content (AvgIpc) is 3.02. The first kappa shape index (κ1) is 16.7. The fraction of sp³-hybridized carbons (Fsp3) is 0.250. The molecular formula is C20H21NO2S. The summed E-state index contributed by atoms with van der Waals surface area (Å²) in [5.74, 6) is 1.90. The third-order valence-electron chi connectivity index (χ3n) is 3.74. The number of benzene rings is 2. The van der Waals surface area contributed by atoms with Gasteiger partial charge in [-0.1, -0.05) is 36.4 Å². The summed E-state index contributed by atoms with van der Waals surface area (Å²) in [4.78, 5) is 13.0. The van der Waals surface area contributed by atoms with Crippen LogP contribution >= 0.6 is 11.8 Å². The van der Waals surface area contributed by atoms with E-state index in [1.807, 2.05) is 36.4 Å². The predicted octanol–water partition coefficient (Wildman–Crippen LogP) is 4.66. The molecule has 1 amide bonds. The van der Waals surface area contributed by atoms with E-state index in [-0.39, 0.29) is 5.91 Å². The lowest BCUT2D eigenvalue weighted by atomic mass is 10.2. The number of amides is 1. The van der Waals surface area contributed by atoms with E-state index in [0.29, 0.717) is 13.0 Å². The van der Waals surface area contributed by atoms with Crippen molar-refractivity contribution >= 4 is 28.6 Å². The van der Waals surface area contributed by atoms with Crippen molar-refractivity contribution in [2.75, 3.05) is 12.3 Å².